The highest BCUT2D eigenvalue weighted by atomic mass is 16.2. The van der Waals surface area contributed by atoms with Gasteiger partial charge in [-0.3, -0.25) is 4.79 Å². The second-order valence-corrected chi connectivity index (χ2v) is 3.37. The minimum Gasteiger partial charge on any atom is -0.353 e. The molecular weight excluding hydrogens is 194 g/mol. The smallest absolute Gasteiger partial charge is 0.239 e. The van der Waals surface area contributed by atoms with Crippen molar-refractivity contribution in [2.45, 2.75) is 6.54 Å². The summed E-state index contributed by atoms with van der Waals surface area (Å²) in [6.07, 6.45) is 3.38. The lowest BCUT2D eigenvalue weighted by Crippen LogP contribution is -2.48. The van der Waals surface area contributed by atoms with Gasteiger partial charge in [0.05, 0.1) is 6.54 Å². The Kier molecular flexibility index (Phi) is 2.77. The van der Waals surface area contributed by atoms with Gasteiger partial charge >= 0.3 is 0 Å². The largest absolute Gasteiger partial charge is 0.353 e. The molecule has 1 fully saturated rings. The molecule has 0 atom stereocenters. The summed E-state index contributed by atoms with van der Waals surface area (Å²) in [6.45, 7) is 2.14. The Morgan fingerprint density at radius 1 is 1.47 bits per heavy atom. The number of piperazine rings is 1. The molecule has 80 valence electrons. The topological polar surface area (TPSA) is 84.1 Å². The predicted molar refractivity (Wildman–Crippen MR) is 55.1 cm³/mol. The summed E-state index contributed by atoms with van der Waals surface area (Å²) < 4.78 is 0. The third kappa shape index (κ3) is 2.21. The Balaban J connectivity index is 2.11. The molecule has 3 N–H and O–H groups in total. The Morgan fingerprint density at radius 2 is 2.20 bits per heavy atom. The van der Waals surface area contributed by atoms with Crippen molar-refractivity contribution in [3.63, 3.8) is 0 Å². The summed E-state index contributed by atoms with van der Waals surface area (Å²) in [5.74, 6) is 0.592. The number of nitrogens with one attached hydrogen (secondary N) is 1. The van der Waals surface area contributed by atoms with Crippen LogP contribution in [-0.4, -0.2) is 35.5 Å². The van der Waals surface area contributed by atoms with E-state index in [1.165, 1.54) is 0 Å². The van der Waals surface area contributed by atoms with Crippen LogP contribution >= 0.6 is 0 Å². The number of nitrogens with two attached hydrogens (primary N) is 1. The number of aromatic nitrogens is 2. The molecule has 0 saturated carbocycles. The number of hydrogen-bond donors (Lipinski definition) is 2. The quantitative estimate of drug-likeness (QED) is 0.641. The summed E-state index contributed by atoms with van der Waals surface area (Å²) >= 11 is 0. The minimum absolute atomic E-state index is 0.00718. The molecule has 0 aromatic carbocycles. The van der Waals surface area contributed by atoms with Gasteiger partial charge in [0, 0.05) is 37.6 Å². The standard InChI is InChI=1S/C9H13N5O/c10-3-7-4-12-9(13-5-7)14-2-1-11-8(15)6-14/h4-5H,1-3,6,10H2,(H,11,15). The van der Waals surface area contributed by atoms with Gasteiger partial charge in [0.25, 0.3) is 0 Å². The van der Waals surface area contributed by atoms with E-state index in [0.29, 0.717) is 25.6 Å². The van der Waals surface area contributed by atoms with Crippen LogP contribution in [0.15, 0.2) is 12.4 Å². The van der Waals surface area contributed by atoms with Crippen LogP contribution in [0.5, 0.6) is 0 Å². The van der Waals surface area contributed by atoms with Gasteiger partial charge in [-0.15, -0.1) is 0 Å². The van der Waals surface area contributed by atoms with E-state index < -0.39 is 0 Å². The van der Waals surface area contributed by atoms with Crippen LogP contribution in [0.2, 0.25) is 0 Å². The maximum Gasteiger partial charge on any atom is 0.239 e. The van der Waals surface area contributed by atoms with Crippen molar-refractivity contribution >= 4 is 11.9 Å². The van der Waals surface area contributed by atoms with Crippen LogP contribution in [0.4, 0.5) is 5.95 Å². The highest BCUT2D eigenvalue weighted by molar-refractivity contribution is 5.81. The summed E-state index contributed by atoms with van der Waals surface area (Å²) in [6, 6.07) is 0. The van der Waals surface area contributed by atoms with E-state index in [1.54, 1.807) is 12.4 Å². The molecule has 6 nitrogen and oxygen atoms in total. The molecule has 0 aliphatic carbocycles. The first-order valence-electron chi connectivity index (χ1n) is 4.82. The number of carbonyl (C=O) groups excluding carboxylic acids is 1. The first kappa shape index (κ1) is 9.85. The van der Waals surface area contributed by atoms with Crippen molar-refractivity contribution in [1.29, 1.82) is 0 Å². The van der Waals surface area contributed by atoms with Gasteiger partial charge in [-0.1, -0.05) is 0 Å². The number of rotatable bonds is 2. The zero-order valence-electron chi connectivity index (χ0n) is 8.31. The average molecular weight is 207 g/mol. The van der Waals surface area contributed by atoms with Crippen molar-refractivity contribution in [3.05, 3.63) is 18.0 Å². The van der Waals surface area contributed by atoms with Gasteiger partial charge in [0.1, 0.15) is 0 Å². The molecule has 2 rings (SSSR count). The average Bonchev–Trinajstić information content (AvgIpc) is 2.29. The Bertz CT molecular complexity index is 350. The van der Waals surface area contributed by atoms with Crippen LogP contribution in [0.25, 0.3) is 0 Å². The van der Waals surface area contributed by atoms with Crippen LogP contribution in [0, 0.1) is 0 Å². The maximum absolute atomic E-state index is 11.1. The molecule has 2 heterocycles. The number of carbonyl (C=O) groups is 1. The van der Waals surface area contributed by atoms with E-state index in [4.69, 9.17) is 5.73 Å². The number of anilines is 1. The zero-order chi connectivity index (χ0) is 10.7. The Labute approximate surface area is 87.5 Å². The zero-order valence-corrected chi connectivity index (χ0v) is 8.31. The molecule has 0 radical (unpaired) electrons. The second kappa shape index (κ2) is 4.22. The van der Waals surface area contributed by atoms with Crippen molar-refractivity contribution in [2.24, 2.45) is 5.73 Å². The summed E-state index contributed by atoms with van der Waals surface area (Å²) in [4.78, 5) is 21.3. The molecule has 1 saturated heterocycles. The van der Waals surface area contributed by atoms with Crippen molar-refractivity contribution in [1.82, 2.24) is 15.3 Å². The molecular formula is C9H13N5O. The van der Waals surface area contributed by atoms with E-state index >= 15 is 0 Å². The van der Waals surface area contributed by atoms with Crippen LogP contribution in [-0.2, 0) is 11.3 Å². The predicted octanol–water partition coefficient (Wildman–Crippen LogP) is -1.13. The van der Waals surface area contributed by atoms with Crippen molar-refractivity contribution in [3.8, 4) is 0 Å². The van der Waals surface area contributed by atoms with E-state index in [-0.39, 0.29) is 5.91 Å². The Hall–Kier alpha value is -1.69. The molecule has 1 aliphatic heterocycles. The second-order valence-electron chi connectivity index (χ2n) is 3.37. The lowest BCUT2D eigenvalue weighted by Gasteiger charge is -2.26. The number of hydrogen-bond acceptors (Lipinski definition) is 5. The highest BCUT2D eigenvalue weighted by Crippen LogP contribution is 2.07. The monoisotopic (exact) mass is 207 g/mol. The van der Waals surface area contributed by atoms with Crippen LogP contribution < -0.4 is 16.0 Å². The fraction of sp³-hybridized carbons (Fsp3) is 0.444. The number of nitrogens with zero attached hydrogens (tertiary/aromatic N) is 3. The van der Waals surface area contributed by atoms with E-state index in [9.17, 15) is 4.79 Å². The lowest BCUT2D eigenvalue weighted by atomic mass is 10.3. The molecule has 1 aliphatic rings. The normalized spacial score (nSPS) is 16.3. The molecule has 1 amide bonds. The van der Waals surface area contributed by atoms with Gasteiger partial charge < -0.3 is 16.0 Å². The molecule has 0 unspecified atom stereocenters. The molecule has 15 heavy (non-hydrogen) atoms. The SMILES string of the molecule is NCc1cnc(N2CCNC(=O)C2)nc1. The van der Waals surface area contributed by atoms with Gasteiger partial charge in [-0.2, -0.15) is 0 Å². The fourth-order valence-electron chi connectivity index (χ4n) is 1.43. The first-order valence-corrected chi connectivity index (χ1v) is 4.82. The highest BCUT2D eigenvalue weighted by Gasteiger charge is 2.17. The van der Waals surface area contributed by atoms with E-state index in [1.807, 2.05) is 4.90 Å². The van der Waals surface area contributed by atoms with Crippen molar-refractivity contribution < 1.29 is 4.79 Å². The van der Waals surface area contributed by atoms with Gasteiger partial charge in [0.15, 0.2) is 0 Å². The summed E-state index contributed by atoms with van der Waals surface area (Å²) in [5, 5.41) is 2.75. The van der Waals surface area contributed by atoms with Crippen LogP contribution in [0.3, 0.4) is 0 Å². The molecule has 1 aromatic rings. The molecule has 0 bridgehead atoms. The van der Waals surface area contributed by atoms with E-state index in [2.05, 4.69) is 15.3 Å². The van der Waals surface area contributed by atoms with E-state index in [0.717, 1.165) is 12.1 Å². The number of amides is 1. The van der Waals surface area contributed by atoms with Gasteiger partial charge in [-0.05, 0) is 0 Å². The molecule has 1 aromatic heterocycles. The Morgan fingerprint density at radius 3 is 2.80 bits per heavy atom. The van der Waals surface area contributed by atoms with Crippen molar-refractivity contribution in [2.75, 3.05) is 24.5 Å². The van der Waals surface area contributed by atoms with Gasteiger partial charge in [0.2, 0.25) is 11.9 Å². The first-order chi connectivity index (χ1) is 7.29. The van der Waals surface area contributed by atoms with Crippen LogP contribution in [0.1, 0.15) is 5.56 Å². The lowest BCUT2D eigenvalue weighted by molar-refractivity contribution is -0.120. The maximum atomic E-state index is 11.1. The summed E-state index contributed by atoms with van der Waals surface area (Å²) in [7, 11) is 0. The third-order valence-electron chi connectivity index (χ3n) is 2.25. The van der Waals surface area contributed by atoms with Gasteiger partial charge in [-0.25, -0.2) is 9.97 Å². The summed E-state index contributed by atoms with van der Waals surface area (Å²) in [5.41, 5.74) is 6.33. The molecule has 6 heteroatoms. The molecule has 0 spiro atoms. The minimum atomic E-state index is 0.00718. The fourth-order valence-corrected chi connectivity index (χ4v) is 1.43. The third-order valence-corrected chi connectivity index (χ3v) is 2.25.